The van der Waals surface area contributed by atoms with Crippen molar-refractivity contribution in [3.05, 3.63) is 35.4 Å². The van der Waals surface area contributed by atoms with Crippen molar-refractivity contribution in [3.63, 3.8) is 0 Å². The van der Waals surface area contributed by atoms with Crippen molar-refractivity contribution in [1.82, 2.24) is 4.90 Å². The number of amides is 2. The Balaban J connectivity index is 2.04. The van der Waals surface area contributed by atoms with Crippen LogP contribution in [-0.4, -0.2) is 16.7 Å². The van der Waals surface area contributed by atoms with E-state index in [-0.39, 0.29) is 23.1 Å². The smallest absolute Gasteiger partial charge is 0.237 e. The zero-order chi connectivity index (χ0) is 16.3. The van der Waals surface area contributed by atoms with Crippen LogP contribution in [0.4, 0.5) is 0 Å². The van der Waals surface area contributed by atoms with E-state index in [1.54, 1.807) is 0 Å². The van der Waals surface area contributed by atoms with Gasteiger partial charge in [-0.05, 0) is 36.3 Å². The molecule has 0 spiro atoms. The third-order valence-electron chi connectivity index (χ3n) is 6.24. The van der Waals surface area contributed by atoms with Crippen molar-refractivity contribution in [2.45, 2.75) is 46.7 Å². The number of benzene rings is 1. The fourth-order valence-corrected chi connectivity index (χ4v) is 4.17. The minimum atomic E-state index is -0.697. The van der Waals surface area contributed by atoms with Gasteiger partial charge in [-0.25, -0.2) is 0 Å². The van der Waals surface area contributed by atoms with Crippen LogP contribution in [0.2, 0.25) is 0 Å². The Morgan fingerprint density at radius 2 is 1.86 bits per heavy atom. The van der Waals surface area contributed by atoms with Gasteiger partial charge < -0.3 is 5.73 Å². The van der Waals surface area contributed by atoms with E-state index in [0.29, 0.717) is 0 Å². The van der Waals surface area contributed by atoms with Gasteiger partial charge in [0.1, 0.15) is 6.17 Å². The average Bonchev–Trinajstić information content (AvgIpc) is 2.63. The summed E-state index contributed by atoms with van der Waals surface area (Å²) in [5.41, 5.74) is 7.36. The number of carbonyl (C=O) groups is 2. The van der Waals surface area contributed by atoms with Gasteiger partial charge in [-0.3, -0.25) is 14.5 Å². The van der Waals surface area contributed by atoms with E-state index in [1.165, 1.54) is 4.90 Å². The summed E-state index contributed by atoms with van der Waals surface area (Å²) in [6, 6.07) is 7.67. The molecular weight excluding hydrogens is 276 g/mol. The lowest BCUT2D eigenvalue weighted by atomic mass is 9.62. The summed E-state index contributed by atoms with van der Waals surface area (Å²) in [6.45, 7) is 8.02. The molecule has 2 fully saturated rings. The first-order valence-corrected chi connectivity index (χ1v) is 7.90. The highest BCUT2D eigenvalue weighted by atomic mass is 16.2. The minimum absolute atomic E-state index is 0.110. The summed E-state index contributed by atoms with van der Waals surface area (Å²) < 4.78 is 0. The molecule has 1 aromatic carbocycles. The second-order valence-corrected chi connectivity index (χ2v) is 7.46. The van der Waals surface area contributed by atoms with E-state index in [9.17, 15) is 9.59 Å². The van der Waals surface area contributed by atoms with Crippen LogP contribution in [0.25, 0.3) is 0 Å². The molecule has 2 N–H and O–H groups in total. The number of fused-ring (bicyclic) bond motifs is 2. The number of carbonyl (C=O) groups excluding carboxylic acids is 2. The van der Waals surface area contributed by atoms with Gasteiger partial charge in [0.05, 0.1) is 5.41 Å². The lowest BCUT2D eigenvalue weighted by Gasteiger charge is -2.49. The summed E-state index contributed by atoms with van der Waals surface area (Å²) in [5.74, 6) is -0.349. The maximum Gasteiger partial charge on any atom is 0.237 e. The molecule has 2 aliphatic rings. The zero-order valence-corrected chi connectivity index (χ0v) is 13.7. The van der Waals surface area contributed by atoms with Crippen LogP contribution in [0.3, 0.4) is 0 Å². The first-order chi connectivity index (χ1) is 10.2. The highest BCUT2D eigenvalue weighted by Crippen LogP contribution is 2.60. The van der Waals surface area contributed by atoms with Crippen LogP contribution in [0.1, 0.15) is 50.9 Å². The largest absolute Gasteiger partial charge is 0.307 e. The maximum atomic E-state index is 13.1. The molecule has 4 heteroatoms. The van der Waals surface area contributed by atoms with Crippen LogP contribution in [0.5, 0.6) is 0 Å². The summed E-state index contributed by atoms with van der Waals surface area (Å²) >= 11 is 0. The number of piperidine rings is 1. The predicted octanol–water partition coefficient (Wildman–Crippen LogP) is 2.76. The standard InChI is InChI=1S/C18H24N2O2/c1-11-7-5-6-8-12(11)14(19)20-15(21)13-9-10-18(4,16(20)22)17(13,2)3/h5-8,13-14H,9-10,19H2,1-4H3. The zero-order valence-electron chi connectivity index (χ0n) is 13.7. The fraction of sp³-hybridized carbons (Fsp3) is 0.556. The molecule has 3 unspecified atom stereocenters. The Morgan fingerprint density at radius 1 is 1.23 bits per heavy atom. The van der Waals surface area contributed by atoms with E-state index < -0.39 is 11.6 Å². The second kappa shape index (κ2) is 4.66. The average molecular weight is 300 g/mol. The molecule has 0 radical (unpaired) electrons. The number of nitrogens with zero attached hydrogens (tertiary/aromatic N) is 1. The van der Waals surface area contributed by atoms with Gasteiger partial charge in [-0.1, -0.05) is 45.0 Å². The molecule has 22 heavy (non-hydrogen) atoms. The van der Waals surface area contributed by atoms with Gasteiger partial charge in [0, 0.05) is 5.92 Å². The summed E-state index contributed by atoms with van der Waals surface area (Å²) in [6.07, 6.45) is 0.828. The normalized spacial score (nSPS) is 31.5. The van der Waals surface area contributed by atoms with Crippen molar-refractivity contribution in [2.24, 2.45) is 22.5 Å². The van der Waals surface area contributed by atoms with Crippen LogP contribution >= 0.6 is 0 Å². The fourth-order valence-electron chi connectivity index (χ4n) is 4.17. The Bertz CT molecular complexity index is 652. The molecule has 2 bridgehead atoms. The van der Waals surface area contributed by atoms with Crippen LogP contribution < -0.4 is 5.73 Å². The second-order valence-electron chi connectivity index (χ2n) is 7.46. The Morgan fingerprint density at radius 3 is 2.50 bits per heavy atom. The number of imide groups is 1. The molecule has 4 nitrogen and oxygen atoms in total. The lowest BCUT2D eigenvalue weighted by Crippen LogP contribution is -2.61. The molecule has 1 saturated carbocycles. The molecule has 0 aromatic heterocycles. The first kappa shape index (κ1) is 15.2. The molecule has 1 saturated heterocycles. The van der Waals surface area contributed by atoms with Gasteiger partial charge in [0.15, 0.2) is 0 Å². The summed E-state index contributed by atoms with van der Waals surface area (Å²) in [7, 11) is 0. The SMILES string of the molecule is Cc1ccccc1C(N)N1C(=O)C2CCC(C)(C1=O)C2(C)C. The van der Waals surface area contributed by atoms with E-state index in [0.717, 1.165) is 24.0 Å². The highest BCUT2D eigenvalue weighted by Gasteiger charge is 2.65. The van der Waals surface area contributed by atoms with E-state index in [1.807, 2.05) is 52.0 Å². The molecular formula is C18H24N2O2. The van der Waals surface area contributed by atoms with Crippen LogP contribution in [0.15, 0.2) is 24.3 Å². The molecule has 118 valence electrons. The van der Waals surface area contributed by atoms with Gasteiger partial charge in [0.25, 0.3) is 0 Å². The third kappa shape index (κ3) is 1.73. The lowest BCUT2D eigenvalue weighted by molar-refractivity contribution is -0.171. The quantitative estimate of drug-likeness (QED) is 0.854. The van der Waals surface area contributed by atoms with Gasteiger partial charge >= 0.3 is 0 Å². The van der Waals surface area contributed by atoms with Gasteiger partial charge in [-0.2, -0.15) is 0 Å². The van der Waals surface area contributed by atoms with Crippen molar-refractivity contribution in [3.8, 4) is 0 Å². The summed E-state index contributed by atoms with van der Waals surface area (Å²) in [4.78, 5) is 27.3. The Kier molecular flexibility index (Phi) is 3.22. The number of aryl methyl sites for hydroxylation is 1. The first-order valence-electron chi connectivity index (χ1n) is 7.90. The Labute approximate surface area is 131 Å². The highest BCUT2D eigenvalue weighted by molar-refractivity contribution is 6.04. The Hall–Kier alpha value is -1.68. The van der Waals surface area contributed by atoms with E-state index in [2.05, 4.69) is 0 Å². The molecule has 3 rings (SSSR count). The molecule has 3 atom stereocenters. The summed E-state index contributed by atoms with van der Waals surface area (Å²) in [5, 5.41) is 0. The molecule has 1 aliphatic carbocycles. The molecule has 1 heterocycles. The van der Waals surface area contributed by atoms with E-state index >= 15 is 0 Å². The topological polar surface area (TPSA) is 63.4 Å². The maximum absolute atomic E-state index is 13.1. The number of hydrogen-bond donors (Lipinski definition) is 1. The van der Waals surface area contributed by atoms with Crippen LogP contribution in [0, 0.1) is 23.7 Å². The number of nitrogens with two attached hydrogens (primary N) is 1. The molecule has 1 aliphatic heterocycles. The van der Waals surface area contributed by atoms with Crippen molar-refractivity contribution < 1.29 is 9.59 Å². The van der Waals surface area contributed by atoms with Gasteiger partial charge in [0.2, 0.25) is 11.8 Å². The van der Waals surface area contributed by atoms with Crippen molar-refractivity contribution >= 4 is 11.8 Å². The number of rotatable bonds is 2. The minimum Gasteiger partial charge on any atom is -0.307 e. The van der Waals surface area contributed by atoms with Crippen LogP contribution in [-0.2, 0) is 9.59 Å². The van der Waals surface area contributed by atoms with Gasteiger partial charge in [-0.15, -0.1) is 0 Å². The van der Waals surface area contributed by atoms with Crippen molar-refractivity contribution in [2.75, 3.05) is 0 Å². The van der Waals surface area contributed by atoms with E-state index in [4.69, 9.17) is 5.73 Å². The molecule has 1 aromatic rings. The van der Waals surface area contributed by atoms with Crippen molar-refractivity contribution in [1.29, 1.82) is 0 Å². The number of likely N-dealkylation sites (tertiary alicyclic amines) is 1. The molecule has 2 amide bonds. The number of hydrogen-bond acceptors (Lipinski definition) is 3. The monoisotopic (exact) mass is 300 g/mol. The predicted molar refractivity (Wildman–Crippen MR) is 84.6 cm³/mol. The third-order valence-corrected chi connectivity index (χ3v) is 6.24.